The number of amides is 1. The second-order valence-corrected chi connectivity index (χ2v) is 7.47. The minimum Gasteiger partial charge on any atom is -0.399 e. The van der Waals surface area contributed by atoms with Gasteiger partial charge >= 0.3 is 0 Å². The first-order valence-electron chi connectivity index (χ1n) is 9.50. The molecule has 0 radical (unpaired) electrons. The topological polar surface area (TPSA) is 58.4 Å². The first-order chi connectivity index (χ1) is 12.6. The molecule has 6 heteroatoms. The maximum Gasteiger partial charge on any atom is 0.224 e. The second kappa shape index (κ2) is 11.9. The highest BCUT2D eigenvalue weighted by Gasteiger charge is 2.15. The number of nitrogen functional groups attached to an aromatic ring is 1. The van der Waals surface area contributed by atoms with E-state index in [4.69, 9.17) is 5.73 Å². The van der Waals surface area contributed by atoms with Crippen LogP contribution < -0.4 is 11.1 Å². The third-order valence-corrected chi connectivity index (χ3v) is 5.14. The fourth-order valence-electron chi connectivity index (χ4n) is 3.32. The number of anilines is 1. The van der Waals surface area contributed by atoms with E-state index in [-0.39, 0.29) is 30.7 Å². The zero-order valence-electron chi connectivity index (χ0n) is 16.4. The molecule has 1 aliphatic heterocycles. The minimum absolute atomic E-state index is 0. The number of nitrogens with two attached hydrogens (primary N) is 1. The predicted molar refractivity (Wildman–Crippen MR) is 121 cm³/mol. The van der Waals surface area contributed by atoms with Gasteiger partial charge in [0.15, 0.2) is 0 Å². The van der Waals surface area contributed by atoms with Crippen molar-refractivity contribution in [1.82, 2.24) is 10.2 Å². The molecule has 3 N–H and O–H groups in total. The van der Waals surface area contributed by atoms with Crippen molar-refractivity contribution in [3.05, 3.63) is 65.2 Å². The Kier molecular flexibility index (Phi) is 10.4. The lowest BCUT2D eigenvalue weighted by Crippen LogP contribution is -2.32. The standard InChI is InChI=1S/C22H29N3O.2ClH/c1-17-10-12-25(13-11-17)16-20-4-2-19(3-5-20)15-24-22(26)14-18-6-8-21(23)9-7-18;;/h2-9,17H,10-16,23H2,1H3,(H,24,26);2*1H. The molecular formula is C22H31Cl2N3O. The van der Waals surface area contributed by atoms with E-state index in [0.29, 0.717) is 18.7 Å². The molecular weight excluding hydrogens is 393 g/mol. The minimum atomic E-state index is 0. The number of piperidine rings is 1. The van der Waals surface area contributed by atoms with E-state index >= 15 is 0 Å². The summed E-state index contributed by atoms with van der Waals surface area (Å²) in [7, 11) is 0. The molecule has 0 unspecified atom stereocenters. The SMILES string of the molecule is CC1CCN(Cc2ccc(CNC(=O)Cc3ccc(N)cc3)cc2)CC1.Cl.Cl. The number of benzene rings is 2. The van der Waals surface area contributed by atoms with Gasteiger partial charge < -0.3 is 11.1 Å². The van der Waals surface area contributed by atoms with Crippen LogP contribution in [0.25, 0.3) is 0 Å². The maximum atomic E-state index is 12.1. The summed E-state index contributed by atoms with van der Waals surface area (Å²) in [5.41, 5.74) is 9.83. The summed E-state index contributed by atoms with van der Waals surface area (Å²) < 4.78 is 0. The van der Waals surface area contributed by atoms with Gasteiger partial charge in [0.1, 0.15) is 0 Å². The average molecular weight is 424 g/mol. The van der Waals surface area contributed by atoms with Crippen molar-refractivity contribution in [3.8, 4) is 0 Å². The number of nitrogens with zero attached hydrogens (tertiary/aromatic N) is 1. The highest BCUT2D eigenvalue weighted by atomic mass is 35.5. The van der Waals surface area contributed by atoms with E-state index in [1.54, 1.807) is 0 Å². The Morgan fingerprint density at radius 3 is 2.11 bits per heavy atom. The molecule has 0 spiro atoms. The van der Waals surface area contributed by atoms with Gasteiger partial charge in [-0.2, -0.15) is 0 Å². The number of nitrogens with one attached hydrogen (secondary N) is 1. The van der Waals surface area contributed by atoms with Gasteiger partial charge in [0.2, 0.25) is 5.91 Å². The number of likely N-dealkylation sites (tertiary alicyclic amines) is 1. The Balaban J connectivity index is 0.00000196. The summed E-state index contributed by atoms with van der Waals surface area (Å²) in [5.74, 6) is 0.895. The van der Waals surface area contributed by atoms with Gasteiger partial charge in [-0.3, -0.25) is 9.69 Å². The molecule has 1 heterocycles. The molecule has 28 heavy (non-hydrogen) atoms. The molecule has 4 nitrogen and oxygen atoms in total. The molecule has 2 aromatic carbocycles. The van der Waals surface area contributed by atoms with Gasteiger partial charge in [-0.1, -0.05) is 43.3 Å². The van der Waals surface area contributed by atoms with E-state index in [0.717, 1.165) is 23.6 Å². The van der Waals surface area contributed by atoms with Gasteiger partial charge in [0.05, 0.1) is 6.42 Å². The number of hydrogen-bond acceptors (Lipinski definition) is 3. The van der Waals surface area contributed by atoms with Crippen LogP contribution >= 0.6 is 24.8 Å². The van der Waals surface area contributed by atoms with Crippen LogP contribution in [0.2, 0.25) is 0 Å². The molecule has 2 aromatic rings. The Hall–Kier alpha value is -1.75. The predicted octanol–water partition coefficient (Wildman–Crippen LogP) is 4.20. The second-order valence-electron chi connectivity index (χ2n) is 7.47. The van der Waals surface area contributed by atoms with Gasteiger partial charge in [-0.25, -0.2) is 0 Å². The van der Waals surface area contributed by atoms with Crippen molar-refractivity contribution in [2.45, 2.75) is 39.3 Å². The molecule has 1 saturated heterocycles. The van der Waals surface area contributed by atoms with E-state index < -0.39 is 0 Å². The Morgan fingerprint density at radius 2 is 1.50 bits per heavy atom. The molecule has 154 valence electrons. The van der Waals surface area contributed by atoms with E-state index in [1.165, 1.54) is 31.5 Å². The zero-order valence-corrected chi connectivity index (χ0v) is 18.0. The van der Waals surface area contributed by atoms with Crippen LogP contribution in [0, 0.1) is 5.92 Å². The normalized spacial score (nSPS) is 14.6. The van der Waals surface area contributed by atoms with Gasteiger partial charge in [-0.05, 0) is 60.7 Å². The third kappa shape index (κ3) is 7.70. The highest BCUT2D eigenvalue weighted by Crippen LogP contribution is 2.18. The lowest BCUT2D eigenvalue weighted by molar-refractivity contribution is -0.120. The number of hydrogen-bond donors (Lipinski definition) is 2. The van der Waals surface area contributed by atoms with Crippen molar-refractivity contribution in [3.63, 3.8) is 0 Å². The summed E-state index contributed by atoms with van der Waals surface area (Å²) in [6.07, 6.45) is 2.99. The maximum absolute atomic E-state index is 12.1. The Morgan fingerprint density at radius 1 is 0.964 bits per heavy atom. The number of carbonyl (C=O) groups is 1. The largest absolute Gasteiger partial charge is 0.399 e. The molecule has 0 saturated carbocycles. The quantitative estimate of drug-likeness (QED) is 0.684. The van der Waals surface area contributed by atoms with Crippen molar-refractivity contribution in [2.24, 2.45) is 5.92 Å². The molecule has 0 aromatic heterocycles. The van der Waals surface area contributed by atoms with Gasteiger partial charge in [-0.15, -0.1) is 24.8 Å². The summed E-state index contributed by atoms with van der Waals surface area (Å²) in [6.45, 7) is 6.33. The first kappa shape index (κ1) is 24.3. The molecule has 0 atom stereocenters. The van der Waals surface area contributed by atoms with Crippen LogP contribution in [0.3, 0.4) is 0 Å². The zero-order chi connectivity index (χ0) is 18.4. The molecule has 0 aliphatic carbocycles. The molecule has 3 rings (SSSR count). The lowest BCUT2D eigenvalue weighted by atomic mass is 9.99. The smallest absolute Gasteiger partial charge is 0.224 e. The van der Waals surface area contributed by atoms with Crippen LogP contribution in [-0.2, 0) is 24.3 Å². The first-order valence-corrected chi connectivity index (χ1v) is 9.50. The molecule has 0 bridgehead atoms. The number of halogens is 2. The third-order valence-electron chi connectivity index (χ3n) is 5.14. The summed E-state index contributed by atoms with van der Waals surface area (Å²) in [4.78, 5) is 14.6. The van der Waals surface area contributed by atoms with Crippen LogP contribution in [0.1, 0.15) is 36.5 Å². The lowest BCUT2D eigenvalue weighted by Gasteiger charge is -2.30. The Bertz CT molecular complexity index is 712. The van der Waals surface area contributed by atoms with Crippen LogP contribution in [-0.4, -0.2) is 23.9 Å². The van der Waals surface area contributed by atoms with Crippen molar-refractivity contribution in [2.75, 3.05) is 18.8 Å². The van der Waals surface area contributed by atoms with Gasteiger partial charge in [0, 0.05) is 18.8 Å². The Labute approximate surface area is 180 Å². The fourth-order valence-corrected chi connectivity index (χ4v) is 3.32. The molecule has 1 amide bonds. The van der Waals surface area contributed by atoms with Crippen LogP contribution in [0.5, 0.6) is 0 Å². The molecule has 1 aliphatic rings. The summed E-state index contributed by atoms with van der Waals surface area (Å²) in [5, 5.41) is 2.99. The van der Waals surface area contributed by atoms with E-state index in [2.05, 4.69) is 41.4 Å². The summed E-state index contributed by atoms with van der Waals surface area (Å²) in [6, 6.07) is 16.0. The van der Waals surface area contributed by atoms with Gasteiger partial charge in [0.25, 0.3) is 0 Å². The monoisotopic (exact) mass is 423 g/mol. The van der Waals surface area contributed by atoms with Crippen molar-refractivity contribution < 1.29 is 4.79 Å². The average Bonchev–Trinajstić information content (AvgIpc) is 2.65. The van der Waals surface area contributed by atoms with Crippen molar-refractivity contribution >= 4 is 36.4 Å². The van der Waals surface area contributed by atoms with Crippen molar-refractivity contribution in [1.29, 1.82) is 0 Å². The van der Waals surface area contributed by atoms with E-state index in [9.17, 15) is 4.79 Å². The molecule has 1 fully saturated rings. The highest BCUT2D eigenvalue weighted by molar-refractivity contribution is 5.85. The van der Waals surface area contributed by atoms with Crippen LogP contribution in [0.4, 0.5) is 5.69 Å². The number of rotatable bonds is 6. The van der Waals surface area contributed by atoms with Crippen LogP contribution in [0.15, 0.2) is 48.5 Å². The van der Waals surface area contributed by atoms with E-state index in [1.807, 2.05) is 24.3 Å². The fraction of sp³-hybridized carbons (Fsp3) is 0.409. The summed E-state index contributed by atoms with van der Waals surface area (Å²) >= 11 is 0. The number of carbonyl (C=O) groups excluding carboxylic acids is 1.